The molecule has 0 aromatic heterocycles. The third-order valence-electron chi connectivity index (χ3n) is 5.46. The number of methoxy groups -OCH3 is 2. The summed E-state index contributed by atoms with van der Waals surface area (Å²) in [5.74, 6) is 2.31. The van der Waals surface area contributed by atoms with E-state index in [1.165, 1.54) is 0 Å². The highest BCUT2D eigenvalue weighted by atomic mass is 35.5. The minimum absolute atomic E-state index is 0.0124. The van der Waals surface area contributed by atoms with Crippen LogP contribution in [0.5, 0.6) is 17.2 Å². The number of nitrogens with zero attached hydrogens (tertiary/aromatic N) is 1. The molecule has 0 unspecified atom stereocenters. The first-order chi connectivity index (χ1) is 14.7. The molecule has 30 heavy (non-hydrogen) atoms. The lowest BCUT2D eigenvalue weighted by atomic mass is 10.00. The molecular formula is C24H21ClN2O3. The fourth-order valence-corrected chi connectivity index (χ4v) is 4.06. The fraction of sp³-hybridized carbons (Fsp3) is 0.167. The lowest BCUT2D eigenvalue weighted by molar-refractivity contribution is -0.0342. The Morgan fingerprint density at radius 3 is 2.40 bits per heavy atom. The minimum atomic E-state index is -0.344. The molecule has 1 N–H and O–H groups in total. The first-order valence-corrected chi connectivity index (χ1v) is 10.1. The number of para-hydroxylation sites is 1. The second-order valence-electron chi connectivity index (χ2n) is 7.17. The summed E-state index contributed by atoms with van der Waals surface area (Å²) in [7, 11) is 3.33. The molecule has 152 valence electrons. The van der Waals surface area contributed by atoms with Crippen LogP contribution in [0.25, 0.3) is 5.70 Å². The Labute approximate surface area is 180 Å². The molecule has 2 atom stereocenters. The van der Waals surface area contributed by atoms with Gasteiger partial charge in [-0.15, -0.1) is 0 Å². The number of ether oxygens (including phenoxy) is 3. The first kappa shape index (κ1) is 18.9. The number of fused-ring (bicyclic) bond motifs is 3. The van der Waals surface area contributed by atoms with Gasteiger partial charge in [0.25, 0.3) is 0 Å². The molecule has 0 bridgehead atoms. The summed E-state index contributed by atoms with van der Waals surface area (Å²) in [6, 6.07) is 21.7. The molecule has 6 heteroatoms. The van der Waals surface area contributed by atoms with Crippen molar-refractivity contribution in [1.29, 1.82) is 0 Å². The second-order valence-corrected chi connectivity index (χ2v) is 7.61. The van der Waals surface area contributed by atoms with Crippen molar-refractivity contribution in [2.75, 3.05) is 14.2 Å². The Morgan fingerprint density at radius 1 is 0.933 bits per heavy atom. The van der Waals surface area contributed by atoms with Crippen LogP contribution in [0.3, 0.4) is 0 Å². The van der Waals surface area contributed by atoms with Crippen molar-refractivity contribution in [2.24, 2.45) is 0 Å². The summed E-state index contributed by atoms with van der Waals surface area (Å²) in [5.41, 5.74) is 7.68. The van der Waals surface area contributed by atoms with Gasteiger partial charge in [-0.25, -0.2) is 0 Å². The average Bonchev–Trinajstić information content (AvgIpc) is 3.24. The van der Waals surface area contributed by atoms with Crippen LogP contribution in [0.1, 0.15) is 29.0 Å². The number of nitrogens with one attached hydrogen (secondary N) is 1. The summed E-state index contributed by atoms with van der Waals surface area (Å²) in [6.45, 7) is 0. The molecule has 0 radical (unpaired) electrons. The van der Waals surface area contributed by atoms with Gasteiger partial charge in [0.15, 0.2) is 17.7 Å². The van der Waals surface area contributed by atoms with Crippen molar-refractivity contribution >= 4 is 17.3 Å². The summed E-state index contributed by atoms with van der Waals surface area (Å²) in [4.78, 5) is 0. The van der Waals surface area contributed by atoms with E-state index in [1.54, 1.807) is 14.2 Å². The van der Waals surface area contributed by atoms with Crippen molar-refractivity contribution in [1.82, 2.24) is 10.4 Å². The highest BCUT2D eigenvalue weighted by Gasteiger charge is 2.41. The SMILES string of the molecule is COc1ccc(C2=C[C@@H]3c4cccc(OC)c4O[C@@H](c4ccc(Cl)cc4)N3N2)cc1. The van der Waals surface area contributed by atoms with Gasteiger partial charge in [-0.1, -0.05) is 35.9 Å². The van der Waals surface area contributed by atoms with Crippen LogP contribution in [-0.4, -0.2) is 19.2 Å². The van der Waals surface area contributed by atoms with E-state index in [0.717, 1.165) is 39.6 Å². The molecule has 5 rings (SSSR count). The first-order valence-electron chi connectivity index (χ1n) is 9.68. The van der Waals surface area contributed by atoms with Gasteiger partial charge in [0.05, 0.1) is 26.0 Å². The number of benzene rings is 3. The minimum Gasteiger partial charge on any atom is -0.497 e. The van der Waals surface area contributed by atoms with Gasteiger partial charge >= 0.3 is 0 Å². The third-order valence-corrected chi connectivity index (χ3v) is 5.71. The topological polar surface area (TPSA) is 43.0 Å². The number of hydrogen-bond acceptors (Lipinski definition) is 5. The van der Waals surface area contributed by atoms with Crippen LogP contribution in [0.2, 0.25) is 5.02 Å². The zero-order valence-electron chi connectivity index (χ0n) is 16.6. The van der Waals surface area contributed by atoms with Crippen LogP contribution in [0, 0.1) is 0 Å². The average molecular weight is 421 g/mol. The summed E-state index contributed by atoms with van der Waals surface area (Å²) >= 11 is 6.11. The Bertz CT molecular complexity index is 1100. The maximum atomic E-state index is 6.46. The van der Waals surface area contributed by atoms with Gasteiger partial charge in [-0.05, 0) is 54.1 Å². The van der Waals surface area contributed by atoms with Crippen LogP contribution in [-0.2, 0) is 0 Å². The molecule has 0 amide bonds. The number of hydrazine groups is 1. The molecule has 2 aliphatic rings. The molecule has 3 aromatic rings. The summed E-state index contributed by atoms with van der Waals surface area (Å²) < 4.78 is 17.3. The van der Waals surface area contributed by atoms with E-state index in [4.69, 9.17) is 25.8 Å². The lowest BCUT2D eigenvalue weighted by Crippen LogP contribution is -2.43. The highest BCUT2D eigenvalue weighted by molar-refractivity contribution is 6.30. The summed E-state index contributed by atoms with van der Waals surface area (Å²) in [6.07, 6.45) is 1.87. The van der Waals surface area contributed by atoms with E-state index in [1.807, 2.05) is 60.7 Å². The molecular weight excluding hydrogens is 400 g/mol. The Kier molecular flexibility index (Phi) is 4.77. The number of halogens is 1. The van der Waals surface area contributed by atoms with Crippen molar-refractivity contribution in [3.05, 3.63) is 94.5 Å². The highest BCUT2D eigenvalue weighted by Crippen LogP contribution is 2.49. The smallest absolute Gasteiger partial charge is 0.196 e. The van der Waals surface area contributed by atoms with Crippen LogP contribution < -0.4 is 19.6 Å². The zero-order chi connectivity index (χ0) is 20.7. The zero-order valence-corrected chi connectivity index (χ0v) is 17.4. The monoisotopic (exact) mass is 420 g/mol. The van der Waals surface area contributed by atoms with Gasteiger partial charge in [-0.2, -0.15) is 5.01 Å². The van der Waals surface area contributed by atoms with Crippen LogP contribution in [0.15, 0.2) is 72.8 Å². The number of hydrogen-bond donors (Lipinski definition) is 1. The van der Waals surface area contributed by atoms with Crippen LogP contribution >= 0.6 is 11.6 Å². The molecule has 3 aromatic carbocycles. The molecule has 0 fully saturated rings. The van der Waals surface area contributed by atoms with E-state index >= 15 is 0 Å². The lowest BCUT2D eigenvalue weighted by Gasteiger charge is -2.39. The largest absolute Gasteiger partial charge is 0.497 e. The van der Waals surface area contributed by atoms with E-state index in [0.29, 0.717) is 5.02 Å². The van der Waals surface area contributed by atoms with Gasteiger partial charge in [0, 0.05) is 16.1 Å². The summed E-state index contributed by atoms with van der Waals surface area (Å²) in [5, 5.41) is 2.81. The molecule has 0 saturated carbocycles. The second kappa shape index (κ2) is 7.59. The van der Waals surface area contributed by atoms with E-state index in [2.05, 4.69) is 22.6 Å². The molecule has 5 nitrogen and oxygen atoms in total. The molecule has 0 spiro atoms. The quantitative estimate of drug-likeness (QED) is 0.616. The maximum absolute atomic E-state index is 6.46. The van der Waals surface area contributed by atoms with Crippen molar-refractivity contribution < 1.29 is 14.2 Å². The predicted molar refractivity (Wildman–Crippen MR) is 117 cm³/mol. The normalized spacial score (nSPS) is 19.8. The van der Waals surface area contributed by atoms with E-state index in [9.17, 15) is 0 Å². The Balaban J connectivity index is 1.58. The molecule has 2 heterocycles. The fourth-order valence-electron chi connectivity index (χ4n) is 3.94. The maximum Gasteiger partial charge on any atom is 0.196 e. The van der Waals surface area contributed by atoms with Crippen molar-refractivity contribution in [3.8, 4) is 17.2 Å². The Morgan fingerprint density at radius 2 is 1.70 bits per heavy atom. The van der Waals surface area contributed by atoms with E-state index in [-0.39, 0.29) is 12.3 Å². The van der Waals surface area contributed by atoms with Crippen LogP contribution in [0.4, 0.5) is 0 Å². The Hall–Kier alpha value is -3.15. The van der Waals surface area contributed by atoms with Gasteiger partial charge in [-0.3, -0.25) is 0 Å². The molecule has 2 aliphatic heterocycles. The molecule has 0 aliphatic carbocycles. The standard InChI is InChI=1S/C24H21ClN2O3/c1-28-18-12-8-15(9-13-18)20-14-21-19-4-3-5-22(29-2)23(19)30-24(27(21)26-20)16-6-10-17(25)11-7-16/h3-14,21,24,26H,1-2H3/t21-,24+/m1/s1. The van der Waals surface area contributed by atoms with Crippen molar-refractivity contribution in [2.45, 2.75) is 12.3 Å². The van der Waals surface area contributed by atoms with Crippen molar-refractivity contribution in [3.63, 3.8) is 0 Å². The third kappa shape index (κ3) is 3.16. The van der Waals surface area contributed by atoms with Gasteiger partial charge in [0.2, 0.25) is 0 Å². The van der Waals surface area contributed by atoms with Gasteiger partial charge < -0.3 is 19.6 Å². The van der Waals surface area contributed by atoms with Gasteiger partial charge in [0.1, 0.15) is 5.75 Å². The molecule has 0 saturated heterocycles. The predicted octanol–water partition coefficient (Wildman–Crippen LogP) is 5.35. The number of rotatable bonds is 4. The van der Waals surface area contributed by atoms with E-state index < -0.39 is 0 Å².